The Morgan fingerprint density at radius 3 is 2.40 bits per heavy atom. The Labute approximate surface area is 148 Å². The number of carbonyl (C=O) groups excluding carboxylic acids is 1. The lowest BCUT2D eigenvalue weighted by Crippen LogP contribution is -2.48. The van der Waals surface area contributed by atoms with E-state index in [4.69, 9.17) is 0 Å². The van der Waals surface area contributed by atoms with E-state index in [-0.39, 0.29) is 17.4 Å². The number of carbonyl (C=O) groups is 1. The summed E-state index contributed by atoms with van der Waals surface area (Å²) in [6.45, 7) is 6.61. The van der Waals surface area contributed by atoms with E-state index in [0.717, 1.165) is 38.3 Å². The van der Waals surface area contributed by atoms with Gasteiger partial charge in [0.2, 0.25) is 5.91 Å². The van der Waals surface area contributed by atoms with Gasteiger partial charge in [-0.1, -0.05) is 36.4 Å². The zero-order chi connectivity index (χ0) is 17.6. The number of benzene rings is 2. The number of rotatable bonds is 5. The highest BCUT2D eigenvalue weighted by molar-refractivity contribution is 5.92. The molecular weight excluding hydrogens is 317 g/mol. The molecule has 1 aliphatic heterocycles. The molecule has 0 bridgehead atoms. The molecule has 132 valence electrons. The number of halogens is 1. The third-order valence-electron chi connectivity index (χ3n) is 4.48. The van der Waals surface area contributed by atoms with E-state index in [1.165, 1.54) is 11.6 Å². The van der Waals surface area contributed by atoms with Crippen LogP contribution in [-0.4, -0.2) is 48.4 Å². The lowest BCUT2D eigenvalue weighted by molar-refractivity contribution is -0.117. The van der Waals surface area contributed by atoms with Crippen LogP contribution in [0.15, 0.2) is 48.5 Å². The fourth-order valence-electron chi connectivity index (χ4n) is 3.06. The van der Waals surface area contributed by atoms with Gasteiger partial charge in [0.25, 0.3) is 0 Å². The van der Waals surface area contributed by atoms with E-state index in [1.54, 1.807) is 12.1 Å². The van der Waals surface area contributed by atoms with Crippen LogP contribution < -0.4 is 5.32 Å². The summed E-state index contributed by atoms with van der Waals surface area (Å²) in [5.41, 5.74) is 2.40. The fourth-order valence-corrected chi connectivity index (χ4v) is 3.06. The van der Waals surface area contributed by atoms with Crippen LogP contribution in [0.4, 0.5) is 10.1 Å². The average Bonchev–Trinajstić information content (AvgIpc) is 2.60. The number of piperazine rings is 1. The van der Waals surface area contributed by atoms with Gasteiger partial charge in [-0.25, -0.2) is 4.39 Å². The summed E-state index contributed by atoms with van der Waals surface area (Å²) in [6.07, 6.45) is 0. The van der Waals surface area contributed by atoms with Gasteiger partial charge in [0.15, 0.2) is 0 Å². The second kappa shape index (κ2) is 8.23. The molecule has 1 amide bonds. The minimum Gasteiger partial charge on any atom is -0.322 e. The number of aryl methyl sites for hydroxylation is 1. The molecule has 0 spiro atoms. The number of nitrogens with zero attached hydrogens (tertiary/aromatic N) is 2. The molecule has 0 aromatic heterocycles. The van der Waals surface area contributed by atoms with Gasteiger partial charge in [0, 0.05) is 32.7 Å². The molecule has 2 aromatic rings. The Kier molecular flexibility index (Phi) is 5.79. The molecule has 25 heavy (non-hydrogen) atoms. The van der Waals surface area contributed by atoms with Crippen molar-refractivity contribution in [2.45, 2.75) is 13.5 Å². The Bertz CT molecular complexity index is 712. The van der Waals surface area contributed by atoms with Crippen molar-refractivity contribution in [1.29, 1.82) is 0 Å². The molecule has 0 atom stereocenters. The number of anilines is 1. The highest BCUT2D eigenvalue weighted by atomic mass is 19.1. The summed E-state index contributed by atoms with van der Waals surface area (Å²) in [7, 11) is 0. The second-order valence-corrected chi connectivity index (χ2v) is 6.57. The van der Waals surface area contributed by atoms with Gasteiger partial charge in [-0.2, -0.15) is 0 Å². The van der Waals surface area contributed by atoms with Gasteiger partial charge in [-0.15, -0.1) is 0 Å². The van der Waals surface area contributed by atoms with Crippen molar-refractivity contribution in [3.8, 4) is 0 Å². The summed E-state index contributed by atoms with van der Waals surface area (Å²) in [5, 5.41) is 2.67. The average molecular weight is 341 g/mol. The molecule has 4 nitrogen and oxygen atoms in total. The maximum absolute atomic E-state index is 13.8. The molecule has 2 aromatic carbocycles. The molecule has 0 aliphatic carbocycles. The molecule has 0 saturated carbocycles. The van der Waals surface area contributed by atoms with Crippen LogP contribution in [0.2, 0.25) is 0 Å². The standard InChI is InChI=1S/C20H24FN3O/c1-16-7-8-19(18(21)13-16)22-20(25)15-24-11-9-23(10-12-24)14-17-5-3-2-4-6-17/h2-8,13H,9-12,14-15H2,1H3,(H,22,25). The maximum Gasteiger partial charge on any atom is 0.238 e. The molecule has 5 heteroatoms. The first-order chi connectivity index (χ1) is 12.1. The summed E-state index contributed by atoms with van der Waals surface area (Å²) in [6, 6.07) is 15.2. The first-order valence-corrected chi connectivity index (χ1v) is 8.65. The van der Waals surface area contributed by atoms with Gasteiger partial charge >= 0.3 is 0 Å². The molecule has 3 rings (SSSR count). The van der Waals surface area contributed by atoms with Crippen molar-refractivity contribution in [3.05, 3.63) is 65.5 Å². The molecule has 1 aliphatic rings. The first kappa shape index (κ1) is 17.6. The van der Waals surface area contributed by atoms with Crippen molar-refractivity contribution >= 4 is 11.6 Å². The quantitative estimate of drug-likeness (QED) is 0.908. The Hall–Kier alpha value is -2.24. The highest BCUT2D eigenvalue weighted by Crippen LogP contribution is 2.15. The topological polar surface area (TPSA) is 35.6 Å². The number of hydrogen-bond donors (Lipinski definition) is 1. The van der Waals surface area contributed by atoms with E-state index < -0.39 is 0 Å². The predicted molar refractivity (Wildman–Crippen MR) is 97.9 cm³/mol. The van der Waals surface area contributed by atoms with Crippen molar-refractivity contribution in [1.82, 2.24) is 9.80 Å². The van der Waals surface area contributed by atoms with Crippen LogP contribution in [0.1, 0.15) is 11.1 Å². The lowest BCUT2D eigenvalue weighted by Gasteiger charge is -2.34. The van der Waals surface area contributed by atoms with Crippen LogP contribution >= 0.6 is 0 Å². The summed E-state index contributed by atoms with van der Waals surface area (Å²) >= 11 is 0. The van der Waals surface area contributed by atoms with Crippen molar-refractivity contribution < 1.29 is 9.18 Å². The molecule has 1 fully saturated rings. The number of hydrogen-bond acceptors (Lipinski definition) is 3. The van der Waals surface area contributed by atoms with Crippen molar-refractivity contribution in [2.75, 3.05) is 38.0 Å². The van der Waals surface area contributed by atoms with Crippen LogP contribution in [-0.2, 0) is 11.3 Å². The Morgan fingerprint density at radius 2 is 1.72 bits per heavy atom. The zero-order valence-corrected chi connectivity index (χ0v) is 14.5. The summed E-state index contributed by atoms with van der Waals surface area (Å²) in [5.74, 6) is -0.555. The van der Waals surface area contributed by atoms with Crippen LogP contribution in [0, 0.1) is 12.7 Å². The van der Waals surface area contributed by atoms with Crippen molar-refractivity contribution in [3.63, 3.8) is 0 Å². The van der Waals surface area contributed by atoms with Gasteiger partial charge < -0.3 is 5.32 Å². The largest absolute Gasteiger partial charge is 0.322 e. The molecule has 1 saturated heterocycles. The number of amides is 1. The molecule has 1 heterocycles. The lowest BCUT2D eigenvalue weighted by atomic mass is 10.2. The molecule has 1 N–H and O–H groups in total. The third-order valence-corrected chi connectivity index (χ3v) is 4.48. The van der Waals surface area contributed by atoms with E-state index in [9.17, 15) is 9.18 Å². The zero-order valence-electron chi connectivity index (χ0n) is 14.5. The van der Waals surface area contributed by atoms with Crippen molar-refractivity contribution in [2.24, 2.45) is 0 Å². The second-order valence-electron chi connectivity index (χ2n) is 6.57. The van der Waals surface area contributed by atoms with Gasteiger partial charge in [0.05, 0.1) is 12.2 Å². The summed E-state index contributed by atoms with van der Waals surface area (Å²) < 4.78 is 13.8. The monoisotopic (exact) mass is 341 g/mol. The smallest absolute Gasteiger partial charge is 0.238 e. The Balaban J connectivity index is 1.44. The molecule has 0 unspecified atom stereocenters. The highest BCUT2D eigenvalue weighted by Gasteiger charge is 2.19. The van der Waals surface area contributed by atoms with E-state index in [1.807, 2.05) is 13.0 Å². The maximum atomic E-state index is 13.8. The molecule has 0 radical (unpaired) electrons. The van der Waals surface area contributed by atoms with Crippen LogP contribution in [0.25, 0.3) is 0 Å². The summed E-state index contributed by atoms with van der Waals surface area (Å²) in [4.78, 5) is 16.7. The van der Waals surface area contributed by atoms with Gasteiger partial charge in [-0.05, 0) is 30.2 Å². The van der Waals surface area contributed by atoms with Gasteiger partial charge in [-0.3, -0.25) is 14.6 Å². The third kappa shape index (κ3) is 5.11. The Morgan fingerprint density at radius 1 is 1.04 bits per heavy atom. The normalized spacial score (nSPS) is 15.9. The predicted octanol–water partition coefficient (Wildman–Crippen LogP) is 2.89. The minimum atomic E-state index is -0.388. The first-order valence-electron chi connectivity index (χ1n) is 8.65. The van der Waals surface area contributed by atoms with Gasteiger partial charge in [0.1, 0.15) is 5.82 Å². The molecular formula is C20H24FN3O. The van der Waals surface area contributed by atoms with Crippen LogP contribution in [0.3, 0.4) is 0 Å². The van der Waals surface area contributed by atoms with Crippen LogP contribution in [0.5, 0.6) is 0 Å². The van der Waals surface area contributed by atoms with E-state index >= 15 is 0 Å². The van der Waals surface area contributed by atoms with E-state index in [0.29, 0.717) is 6.54 Å². The van der Waals surface area contributed by atoms with E-state index in [2.05, 4.69) is 39.4 Å². The fraction of sp³-hybridized carbons (Fsp3) is 0.350. The minimum absolute atomic E-state index is 0.167. The SMILES string of the molecule is Cc1ccc(NC(=O)CN2CCN(Cc3ccccc3)CC2)c(F)c1. The number of nitrogens with one attached hydrogen (secondary N) is 1.